The average molecular weight is 287 g/mol. The van der Waals surface area contributed by atoms with E-state index in [0.717, 1.165) is 31.0 Å². The smallest absolute Gasteiger partial charge is 0.279 e. The molecule has 0 aromatic heterocycles. The number of carbonyl (C=O) groups excluding carboxylic acids is 1. The number of hydrogen-bond acceptors (Lipinski definition) is 5. The topological polar surface area (TPSA) is 78.8 Å². The van der Waals surface area contributed by atoms with Crippen LogP contribution in [-0.4, -0.2) is 45.2 Å². The molecular weight excluding hydrogens is 266 g/mol. The second-order valence-corrected chi connectivity index (χ2v) is 6.19. The van der Waals surface area contributed by atoms with Gasteiger partial charge in [-0.2, -0.15) is 0 Å². The molecule has 0 aliphatic carbocycles. The Morgan fingerprint density at radius 3 is 3.05 bits per heavy atom. The molecule has 0 aromatic carbocycles. The standard InChI is InChI=1S/C13H21NO4S/c1-2-3-4-5-10-6-9(15)7-13(17,18-10)11-8-19-12(16)14-11/h2,9-11,15,17H,1,3-8H2,(H,14,16)/t9?,10-,11?,13?/m1/s1. The fourth-order valence-corrected chi connectivity index (χ4v) is 3.52. The van der Waals surface area contributed by atoms with Crippen molar-refractivity contribution < 1.29 is 19.7 Å². The molecule has 3 N–H and O–H groups in total. The Morgan fingerprint density at radius 2 is 2.42 bits per heavy atom. The summed E-state index contributed by atoms with van der Waals surface area (Å²) in [5, 5.41) is 23.0. The Bertz CT molecular complexity index is 352. The number of rotatable bonds is 5. The third-order valence-corrected chi connectivity index (χ3v) is 4.47. The van der Waals surface area contributed by atoms with Gasteiger partial charge in [0.15, 0.2) is 5.79 Å². The molecule has 0 spiro atoms. The molecule has 4 atom stereocenters. The number of amides is 1. The number of hydrogen-bond donors (Lipinski definition) is 3. The first-order valence-corrected chi connectivity index (χ1v) is 7.64. The van der Waals surface area contributed by atoms with Crippen molar-refractivity contribution in [3.05, 3.63) is 12.7 Å². The molecule has 0 radical (unpaired) electrons. The molecule has 0 aromatic rings. The fraction of sp³-hybridized carbons (Fsp3) is 0.769. The van der Waals surface area contributed by atoms with Gasteiger partial charge in [-0.1, -0.05) is 17.8 Å². The van der Waals surface area contributed by atoms with Crippen LogP contribution >= 0.6 is 11.8 Å². The van der Waals surface area contributed by atoms with E-state index in [0.29, 0.717) is 12.2 Å². The summed E-state index contributed by atoms with van der Waals surface area (Å²) < 4.78 is 5.76. The van der Waals surface area contributed by atoms with Crippen LogP contribution in [0.4, 0.5) is 4.79 Å². The van der Waals surface area contributed by atoms with Crippen LogP contribution in [0.15, 0.2) is 12.7 Å². The zero-order valence-electron chi connectivity index (χ0n) is 10.9. The summed E-state index contributed by atoms with van der Waals surface area (Å²) in [5.41, 5.74) is 0. The van der Waals surface area contributed by atoms with Gasteiger partial charge in [-0.25, -0.2) is 0 Å². The van der Waals surface area contributed by atoms with Crippen LogP contribution in [-0.2, 0) is 4.74 Å². The molecule has 108 valence electrons. The van der Waals surface area contributed by atoms with E-state index in [9.17, 15) is 15.0 Å². The Labute approximate surface area is 117 Å². The Morgan fingerprint density at radius 1 is 1.63 bits per heavy atom. The minimum absolute atomic E-state index is 0.148. The molecule has 2 rings (SSSR count). The van der Waals surface area contributed by atoms with Gasteiger partial charge in [0.05, 0.1) is 18.2 Å². The fourth-order valence-electron chi connectivity index (χ4n) is 2.63. The van der Waals surface area contributed by atoms with E-state index < -0.39 is 17.9 Å². The summed E-state index contributed by atoms with van der Waals surface area (Å²) in [5.74, 6) is -0.975. The van der Waals surface area contributed by atoms with Gasteiger partial charge in [-0.05, 0) is 25.7 Å². The number of allylic oxidation sites excluding steroid dienone is 1. The van der Waals surface area contributed by atoms with Gasteiger partial charge < -0.3 is 20.3 Å². The molecule has 0 saturated carbocycles. The van der Waals surface area contributed by atoms with E-state index in [1.54, 1.807) is 0 Å². The number of aliphatic hydroxyl groups excluding tert-OH is 1. The van der Waals surface area contributed by atoms with Gasteiger partial charge in [0.25, 0.3) is 5.24 Å². The summed E-state index contributed by atoms with van der Waals surface area (Å²) in [4.78, 5) is 11.2. The third-order valence-electron chi connectivity index (χ3n) is 3.59. The average Bonchev–Trinajstić information content (AvgIpc) is 2.76. The van der Waals surface area contributed by atoms with Crippen molar-refractivity contribution in [2.24, 2.45) is 0 Å². The van der Waals surface area contributed by atoms with Crippen LogP contribution in [0, 0.1) is 0 Å². The highest BCUT2D eigenvalue weighted by Gasteiger charge is 2.48. The van der Waals surface area contributed by atoms with Crippen molar-refractivity contribution in [2.45, 2.75) is 56.1 Å². The first kappa shape index (κ1) is 14.8. The number of thioether (sulfide) groups is 1. The SMILES string of the molecule is C=CCCC[C@@H]1CC(O)CC(O)(C2CSC(=O)N2)O1. The maximum Gasteiger partial charge on any atom is 0.279 e. The number of unbranched alkanes of at least 4 members (excludes halogenated alkanes) is 1. The highest BCUT2D eigenvalue weighted by atomic mass is 32.2. The quantitative estimate of drug-likeness (QED) is 0.526. The zero-order valence-corrected chi connectivity index (χ0v) is 11.7. The molecule has 19 heavy (non-hydrogen) atoms. The van der Waals surface area contributed by atoms with Crippen LogP contribution in [0.5, 0.6) is 0 Å². The lowest BCUT2D eigenvalue weighted by molar-refractivity contribution is -0.282. The van der Waals surface area contributed by atoms with E-state index in [1.165, 1.54) is 0 Å². The lowest BCUT2D eigenvalue weighted by Crippen LogP contribution is -2.58. The van der Waals surface area contributed by atoms with Gasteiger partial charge in [-0.3, -0.25) is 4.79 Å². The molecule has 6 heteroatoms. The zero-order chi connectivity index (χ0) is 13.9. The summed E-state index contributed by atoms with van der Waals surface area (Å²) in [6.07, 6.45) is 4.36. The number of aliphatic hydroxyl groups is 2. The predicted molar refractivity (Wildman–Crippen MR) is 73.9 cm³/mol. The van der Waals surface area contributed by atoms with E-state index in [-0.39, 0.29) is 17.8 Å². The van der Waals surface area contributed by atoms with Crippen molar-refractivity contribution in [3.63, 3.8) is 0 Å². The van der Waals surface area contributed by atoms with Crippen molar-refractivity contribution in [3.8, 4) is 0 Å². The molecule has 2 aliphatic heterocycles. The van der Waals surface area contributed by atoms with Crippen LogP contribution < -0.4 is 5.32 Å². The second-order valence-electron chi connectivity index (χ2n) is 5.19. The highest BCUT2D eigenvalue weighted by molar-refractivity contribution is 8.13. The molecular formula is C13H21NO4S. The summed E-state index contributed by atoms with van der Waals surface area (Å²) >= 11 is 1.14. The molecule has 3 unspecified atom stereocenters. The van der Waals surface area contributed by atoms with E-state index in [2.05, 4.69) is 11.9 Å². The lowest BCUT2D eigenvalue weighted by Gasteiger charge is -2.42. The molecule has 2 saturated heterocycles. The van der Waals surface area contributed by atoms with Crippen LogP contribution in [0.3, 0.4) is 0 Å². The molecule has 0 bridgehead atoms. The van der Waals surface area contributed by atoms with Crippen molar-refractivity contribution in [2.75, 3.05) is 5.75 Å². The van der Waals surface area contributed by atoms with Gasteiger partial charge in [-0.15, -0.1) is 6.58 Å². The molecule has 2 heterocycles. The first-order valence-electron chi connectivity index (χ1n) is 6.66. The van der Waals surface area contributed by atoms with E-state index >= 15 is 0 Å². The van der Waals surface area contributed by atoms with Gasteiger partial charge in [0, 0.05) is 12.2 Å². The minimum Gasteiger partial charge on any atom is -0.393 e. The molecule has 2 fully saturated rings. The summed E-state index contributed by atoms with van der Waals surface area (Å²) in [7, 11) is 0. The van der Waals surface area contributed by atoms with Gasteiger partial charge >= 0.3 is 0 Å². The number of carbonyl (C=O) groups is 1. The normalized spacial score (nSPS) is 39.1. The van der Waals surface area contributed by atoms with E-state index in [1.807, 2.05) is 6.08 Å². The molecule has 5 nitrogen and oxygen atoms in total. The van der Waals surface area contributed by atoms with Gasteiger partial charge in [0.2, 0.25) is 0 Å². The molecule has 2 aliphatic rings. The second kappa shape index (κ2) is 6.26. The largest absolute Gasteiger partial charge is 0.393 e. The van der Waals surface area contributed by atoms with Gasteiger partial charge in [0.1, 0.15) is 0 Å². The van der Waals surface area contributed by atoms with E-state index in [4.69, 9.17) is 4.74 Å². The summed E-state index contributed by atoms with van der Waals surface area (Å²) in [6, 6.07) is -0.443. The Balaban J connectivity index is 1.95. The Hall–Kier alpha value is -0.560. The first-order chi connectivity index (χ1) is 9.03. The van der Waals surface area contributed by atoms with Crippen molar-refractivity contribution >= 4 is 17.0 Å². The number of nitrogens with one attached hydrogen (secondary N) is 1. The Kier molecular flexibility index (Phi) is 4.89. The minimum atomic E-state index is -1.45. The van der Waals surface area contributed by atoms with Crippen LogP contribution in [0.25, 0.3) is 0 Å². The maximum atomic E-state index is 11.2. The lowest BCUT2D eigenvalue weighted by atomic mass is 9.92. The van der Waals surface area contributed by atoms with Crippen molar-refractivity contribution in [1.29, 1.82) is 0 Å². The third kappa shape index (κ3) is 3.72. The maximum absolute atomic E-state index is 11.2. The monoisotopic (exact) mass is 287 g/mol. The summed E-state index contributed by atoms with van der Waals surface area (Å²) in [6.45, 7) is 3.67. The van der Waals surface area contributed by atoms with Crippen LogP contribution in [0.2, 0.25) is 0 Å². The molecule has 1 amide bonds. The van der Waals surface area contributed by atoms with Crippen molar-refractivity contribution in [1.82, 2.24) is 5.32 Å². The highest BCUT2D eigenvalue weighted by Crippen LogP contribution is 2.35. The van der Waals surface area contributed by atoms with Crippen LogP contribution in [0.1, 0.15) is 32.1 Å². The predicted octanol–water partition coefficient (Wildman–Crippen LogP) is 1.40. The number of ether oxygens (including phenoxy) is 1.